The molecular weight excluding hydrogens is 394 g/mol. The quantitative estimate of drug-likeness (QED) is 0.706. The number of hydrogen-bond acceptors (Lipinski definition) is 7. The van der Waals surface area contributed by atoms with E-state index >= 15 is 0 Å². The van der Waals surface area contributed by atoms with Crippen molar-refractivity contribution >= 4 is 28.3 Å². The number of phenols is 1. The van der Waals surface area contributed by atoms with E-state index < -0.39 is 6.17 Å². The lowest BCUT2D eigenvalue weighted by molar-refractivity contribution is 0.0933. The molecule has 4 rings (SSSR count). The number of para-hydroxylation sites is 1. The molecule has 154 valence electrons. The van der Waals surface area contributed by atoms with Crippen LogP contribution in [-0.4, -0.2) is 41.8 Å². The van der Waals surface area contributed by atoms with Gasteiger partial charge in [-0.3, -0.25) is 4.79 Å². The van der Waals surface area contributed by atoms with Gasteiger partial charge in [-0.05, 0) is 31.9 Å². The van der Waals surface area contributed by atoms with Gasteiger partial charge in [-0.15, -0.1) is 11.3 Å². The zero-order chi connectivity index (χ0) is 20.5. The molecule has 3 heterocycles. The van der Waals surface area contributed by atoms with Gasteiger partial charge in [0.25, 0.3) is 5.91 Å². The lowest BCUT2D eigenvalue weighted by Gasteiger charge is -2.28. The second kappa shape index (κ2) is 7.82. The predicted molar refractivity (Wildman–Crippen MR) is 109 cm³/mol. The molecule has 2 aromatic rings. The summed E-state index contributed by atoms with van der Waals surface area (Å²) in [5, 5.41) is 17.5. The second-order valence-electron chi connectivity index (χ2n) is 6.76. The Hall–Kier alpha value is -2.94. The van der Waals surface area contributed by atoms with Crippen LogP contribution in [0.4, 0.5) is 9.80 Å². The molecule has 1 unspecified atom stereocenters. The van der Waals surface area contributed by atoms with Crippen LogP contribution in [0.25, 0.3) is 0 Å². The Balaban J connectivity index is 1.61. The van der Waals surface area contributed by atoms with Crippen molar-refractivity contribution in [2.24, 2.45) is 0 Å². The number of rotatable bonds is 4. The molecule has 1 aromatic heterocycles. The van der Waals surface area contributed by atoms with E-state index in [4.69, 9.17) is 9.47 Å². The first-order chi connectivity index (χ1) is 14.0. The van der Waals surface area contributed by atoms with Gasteiger partial charge in [0.05, 0.1) is 25.3 Å². The highest BCUT2D eigenvalue weighted by Gasteiger charge is 2.35. The first kappa shape index (κ1) is 19.4. The summed E-state index contributed by atoms with van der Waals surface area (Å²) in [4.78, 5) is 27.6. The molecule has 2 aliphatic heterocycles. The molecule has 9 heteroatoms. The Bertz CT molecular complexity index is 958. The lowest BCUT2D eigenvalue weighted by atomic mass is 10.0. The fraction of sp³-hybridized carbons (Fsp3) is 0.400. The van der Waals surface area contributed by atoms with Crippen molar-refractivity contribution in [3.63, 3.8) is 0 Å². The number of carbonyl (C=O) groups excluding carboxylic acids is 2. The molecule has 0 spiro atoms. The Morgan fingerprint density at radius 2 is 2.14 bits per heavy atom. The average Bonchev–Trinajstić information content (AvgIpc) is 3.08. The third-order valence-electron chi connectivity index (χ3n) is 5.00. The third-order valence-corrected chi connectivity index (χ3v) is 6.15. The summed E-state index contributed by atoms with van der Waals surface area (Å²) in [6.45, 7) is 5.33. The van der Waals surface area contributed by atoms with Gasteiger partial charge >= 0.3 is 6.09 Å². The minimum atomic E-state index is -0.573. The number of ether oxygens (including phenoxy) is 2. The monoisotopic (exact) mass is 417 g/mol. The topological polar surface area (TPSA) is 100 Å². The van der Waals surface area contributed by atoms with Crippen molar-refractivity contribution in [3.8, 4) is 11.5 Å². The fourth-order valence-corrected chi connectivity index (χ4v) is 4.97. The average molecular weight is 417 g/mol. The van der Waals surface area contributed by atoms with Gasteiger partial charge in [-0.1, -0.05) is 12.1 Å². The highest BCUT2D eigenvalue weighted by Crippen LogP contribution is 2.42. The number of aromatic hydroxyl groups is 1. The first-order valence-corrected chi connectivity index (χ1v) is 10.4. The molecule has 3 N–H and O–H groups in total. The molecule has 1 aromatic carbocycles. The zero-order valence-corrected chi connectivity index (χ0v) is 17.1. The Labute approximate surface area is 172 Å². The summed E-state index contributed by atoms with van der Waals surface area (Å²) in [5.74, 6) is 0.194. The molecule has 0 radical (unpaired) electrons. The number of benzene rings is 1. The first-order valence-electron chi connectivity index (χ1n) is 9.61. The largest absolute Gasteiger partial charge is 0.504 e. The van der Waals surface area contributed by atoms with Gasteiger partial charge in [-0.2, -0.15) is 0 Å². The van der Waals surface area contributed by atoms with E-state index in [1.165, 1.54) is 11.3 Å². The normalized spacial score (nSPS) is 17.7. The standard InChI is InChI=1S/C20H23N3O5S/c1-3-27-13-7-5-6-12(16(13)24)17-21-18(25)15-11-8-9-23(20(26)28-4-2)10-14(11)29-19(15)22-17/h5-7,17,22,24H,3-4,8-10H2,1-2H3,(H,21,25). The number of thiophene rings is 1. The molecule has 1 atom stereocenters. The number of carbonyl (C=O) groups is 2. The van der Waals surface area contributed by atoms with Gasteiger partial charge in [-0.25, -0.2) is 4.79 Å². The van der Waals surface area contributed by atoms with Crippen LogP contribution in [0.3, 0.4) is 0 Å². The smallest absolute Gasteiger partial charge is 0.410 e. The van der Waals surface area contributed by atoms with E-state index in [-0.39, 0.29) is 17.7 Å². The maximum Gasteiger partial charge on any atom is 0.410 e. The number of fused-ring (bicyclic) bond motifs is 3. The van der Waals surface area contributed by atoms with E-state index in [9.17, 15) is 14.7 Å². The van der Waals surface area contributed by atoms with Crippen molar-refractivity contribution in [1.82, 2.24) is 10.2 Å². The lowest BCUT2D eigenvalue weighted by Crippen LogP contribution is -2.39. The van der Waals surface area contributed by atoms with Crippen LogP contribution in [0.5, 0.6) is 11.5 Å². The van der Waals surface area contributed by atoms with Crippen LogP contribution >= 0.6 is 11.3 Å². The molecule has 2 amide bonds. The number of anilines is 1. The van der Waals surface area contributed by atoms with E-state index in [0.29, 0.717) is 49.6 Å². The third kappa shape index (κ3) is 3.46. The van der Waals surface area contributed by atoms with Gasteiger partial charge in [0, 0.05) is 17.0 Å². The van der Waals surface area contributed by atoms with E-state index in [1.807, 2.05) is 6.92 Å². The molecule has 0 bridgehead atoms. The fourth-order valence-electron chi connectivity index (χ4n) is 3.69. The minimum Gasteiger partial charge on any atom is -0.504 e. The van der Waals surface area contributed by atoms with E-state index in [0.717, 1.165) is 15.4 Å². The number of hydrogen-bond donors (Lipinski definition) is 3. The number of phenolic OH excluding ortho intramolecular Hbond substituents is 1. The summed E-state index contributed by atoms with van der Waals surface area (Å²) in [7, 11) is 0. The molecule has 0 saturated carbocycles. The van der Waals surface area contributed by atoms with Gasteiger partial charge in [0.2, 0.25) is 0 Å². The molecule has 29 heavy (non-hydrogen) atoms. The summed E-state index contributed by atoms with van der Waals surface area (Å²) in [6, 6.07) is 5.21. The summed E-state index contributed by atoms with van der Waals surface area (Å²) in [5.41, 5.74) is 2.14. The summed E-state index contributed by atoms with van der Waals surface area (Å²) < 4.78 is 10.5. The van der Waals surface area contributed by atoms with Gasteiger partial charge in [0.1, 0.15) is 11.2 Å². The van der Waals surface area contributed by atoms with Crippen LogP contribution in [-0.2, 0) is 17.7 Å². The molecule has 0 fully saturated rings. The Morgan fingerprint density at radius 1 is 1.31 bits per heavy atom. The van der Waals surface area contributed by atoms with Crippen molar-refractivity contribution in [3.05, 3.63) is 39.8 Å². The molecular formula is C20H23N3O5S. The highest BCUT2D eigenvalue weighted by molar-refractivity contribution is 7.16. The van der Waals surface area contributed by atoms with Crippen molar-refractivity contribution < 1.29 is 24.2 Å². The van der Waals surface area contributed by atoms with Crippen molar-refractivity contribution in [1.29, 1.82) is 0 Å². The van der Waals surface area contributed by atoms with Gasteiger partial charge < -0.3 is 30.1 Å². The summed E-state index contributed by atoms with van der Waals surface area (Å²) >= 11 is 1.47. The minimum absolute atomic E-state index is 0.00501. The zero-order valence-electron chi connectivity index (χ0n) is 16.3. The maximum absolute atomic E-state index is 12.9. The van der Waals surface area contributed by atoms with Gasteiger partial charge in [0.15, 0.2) is 11.5 Å². The Morgan fingerprint density at radius 3 is 2.90 bits per heavy atom. The van der Waals surface area contributed by atoms with Crippen LogP contribution in [0, 0.1) is 0 Å². The molecule has 0 saturated heterocycles. The Kier molecular flexibility index (Phi) is 5.23. The SMILES string of the molecule is CCOC(=O)N1CCc2c(sc3c2C(=O)NC(c2cccc(OCC)c2O)N3)C1. The predicted octanol–water partition coefficient (Wildman–Crippen LogP) is 3.22. The van der Waals surface area contributed by atoms with E-state index in [2.05, 4.69) is 10.6 Å². The maximum atomic E-state index is 12.9. The van der Waals surface area contributed by atoms with E-state index in [1.54, 1.807) is 30.0 Å². The molecule has 8 nitrogen and oxygen atoms in total. The second-order valence-corrected chi connectivity index (χ2v) is 7.86. The number of nitrogens with one attached hydrogen (secondary N) is 2. The summed E-state index contributed by atoms with van der Waals surface area (Å²) in [6.07, 6.45) is -0.306. The molecule has 0 aliphatic carbocycles. The van der Waals surface area contributed by atoms with Crippen LogP contribution in [0.1, 0.15) is 46.4 Å². The highest BCUT2D eigenvalue weighted by atomic mass is 32.1. The van der Waals surface area contributed by atoms with Crippen LogP contribution < -0.4 is 15.4 Å². The van der Waals surface area contributed by atoms with Crippen LogP contribution in [0.15, 0.2) is 18.2 Å². The number of amides is 2. The van der Waals surface area contributed by atoms with Crippen molar-refractivity contribution in [2.45, 2.75) is 33.0 Å². The van der Waals surface area contributed by atoms with Crippen LogP contribution in [0.2, 0.25) is 0 Å². The molecule has 2 aliphatic rings. The van der Waals surface area contributed by atoms with Crippen molar-refractivity contribution in [2.75, 3.05) is 25.1 Å². The number of nitrogens with zero attached hydrogens (tertiary/aromatic N) is 1.